The van der Waals surface area contributed by atoms with Gasteiger partial charge in [0.2, 0.25) is 5.91 Å². The predicted molar refractivity (Wildman–Crippen MR) is 92.5 cm³/mol. The van der Waals surface area contributed by atoms with E-state index in [1.54, 1.807) is 25.1 Å². The standard InChI is InChI=1S/C14H20ClN3O3.C2H6/c1-2-13(19)18-8-10-7-11(15)3-4-12(10)21-9-14(20)17-6-5-16;1-2/h3-4,7H,2,5-6,8-9,16H2,1H3,(H,17,20)(H,18,19);1-2H3. The first-order chi connectivity index (χ1) is 11.1. The SMILES string of the molecule is CC.CCC(=O)NCc1cc(Cl)ccc1OCC(=O)NCCN. The van der Waals surface area contributed by atoms with Crippen molar-refractivity contribution in [3.63, 3.8) is 0 Å². The fraction of sp³-hybridized carbons (Fsp3) is 0.500. The van der Waals surface area contributed by atoms with E-state index < -0.39 is 0 Å². The molecule has 1 aromatic carbocycles. The number of carbonyl (C=O) groups excluding carboxylic acids is 2. The Labute approximate surface area is 142 Å². The molecule has 0 spiro atoms. The summed E-state index contributed by atoms with van der Waals surface area (Å²) in [6.45, 7) is 6.74. The molecule has 0 saturated carbocycles. The van der Waals surface area contributed by atoms with Crippen molar-refractivity contribution < 1.29 is 14.3 Å². The van der Waals surface area contributed by atoms with E-state index >= 15 is 0 Å². The highest BCUT2D eigenvalue weighted by molar-refractivity contribution is 6.30. The van der Waals surface area contributed by atoms with Crippen LogP contribution in [0.1, 0.15) is 32.8 Å². The third-order valence-electron chi connectivity index (χ3n) is 2.64. The van der Waals surface area contributed by atoms with Crippen LogP contribution in [0.5, 0.6) is 5.75 Å². The van der Waals surface area contributed by atoms with E-state index in [9.17, 15) is 9.59 Å². The van der Waals surface area contributed by atoms with Gasteiger partial charge < -0.3 is 21.1 Å². The number of ether oxygens (including phenoxy) is 1. The number of carbonyl (C=O) groups is 2. The number of hydrogen-bond donors (Lipinski definition) is 3. The lowest BCUT2D eigenvalue weighted by Gasteiger charge is -2.12. The smallest absolute Gasteiger partial charge is 0.257 e. The van der Waals surface area contributed by atoms with Gasteiger partial charge in [-0.15, -0.1) is 0 Å². The van der Waals surface area contributed by atoms with E-state index in [-0.39, 0.29) is 18.4 Å². The summed E-state index contributed by atoms with van der Waals surface area (Å²) in [5.41, 5.74) is 6.01. The molecule has 0 aliphatic heterocycles. The lowest BCUT2D eigenvalue weighted by Crippen LogP contribution is -2.33. The zero-order chi connectivity index (χ0) is 17.7. The van der Waals surface area contributed by atoms with Gasteiger partial charge in [-0.3, -0.25) is 9.59 Å². The number of rotatable bonds is 8. The van der Waals surface area contributed by atoms with E-state index in [1.165, 1.54) is 0 Å². The summed E-state index contributed by atoms with van der Waals surface area (Å²) in [5, 5.41) is 5.89. The average molecular weight is 344 g/mol. The van der Waals surface area contributed by atoms with Crippen LogP contribution >= 0.6 is 11.6 Å². The quantitative estimate of drug-likeness (QED) is 0.671. The lowest BCUT2D eigenvalue weighted by atomic mass is 10.2. The van der Waals surface area contributed by atoms with Gasteiger partial charge in [0.1, 0.15) is 5.75 Å². The number of nitrogens with two attached hydrogens (primary N) is 1. The van der Waals surface area contributed by atoms with Crippen molar-refractivity contribution in [1.29, 1.82) is 0 Å². The third-order valence-corrected chi connectivity index (χ3v) is 2.88. The van der Waals surface area contributed by atoms with E-state index in [1.807, 2.05) is 13.8 Å². The molecule has 2 amide bonds. The van der Waals surface area contributed by atoms with E-state index in [0.29, 0.717) is 36.8 Å². The Bertz CT molecular complexity index is 495. The molecule has 0 aliphatic carbocycles. The van der Waals surface area contributed by atoms with Crippen LogP contribution in [-0.2, 0) is 16.1 Å². The molecule has 1 rings (SSSR count). The van der Waals surface area contributed by atoms with Crippen molar-refractivity contribution in [2.45, 2.75) is 33.7 Å². The minimum atomic E-state index is -0.251. The molecular formula is C16H26ClN3O3. The Morgan fingerprint density at radius 1 is 1.22 bits per heavy atom. The molecule has 0 unspecified atom stereocenters. The van der Waals surface area contributed by atoms with Crippen LogP contribution in [0.25, 0.3) is 0 Å². The molecule has 0 radical (unpaired) electrons. The minimum absolute atomic E-state index is 0.0679. The van der Waals surface area contributed by atoms with Crippen molar-refractivity contribution in [3.8, 4) is 5.75 Å². The third kappa shape index (κ3) is 9.05. The molecule has 0 aliphatic rings. The van der Waals surface area contributed by atoms with E-state index in [0.717, 1.165) is 5.56 Å². The number of amides is 2. The Morgan fingerprint density at radius 3 is 2.52 bits per heavy atom. The number of halogens is 1. The topological polar surface area (TPSA) is 93.4 Å². The first-order valence-corrected chi connectivity index (χ1v) is 8.09. The highest BCUT2D eigenvalue weighted by Crippen LogP contribution is 2.22. The Morgan fingerprint density at radius 2 is 1.91 bits per heavy atom. The second-order valence-corrected chi connectivity index (χ2v) is 4.75. The fourth-order valence-electron chi connectivity index (χ4n) is 1.55. The summed E-state index contributed by atoms with van der Waals surface area (Å²) < 4.78 is 5.45. The monoisotopic (exact) mass is 343 g/mol. The van der Waals surface area contributed by atoms with Crippen molar-refractivity contribution in [2.75, 3.05) is 19.7 Å². The van der Waals surface area contributed by atoms with Gasteiger partial charge in [-0.1, -0.05) is 32.4 Å². The van der Waals surface area contributed by atoms with Crippen LogP contribution in [0.15, 0.2) is 18.2 Å². The van der Waals surface area contributed by atoms with Gasteiger partial charge in [-0.25, -0.2) is 0 Å². The largest absolute Gasteiger partial charge is 0.483 e. The van der Waals surface area contributed by atoms with Crippen molar-refractivity contribution in [2.24, 2.45) is 5.73 Å². The molecule has 0 fully saturated rings. The summed E-state index contributed by atoms with van der Waals surface area (Å²) in [6, 6.07) is 5.04. The van der Waals surface area contributed by atoms with Crippen LogP contribution in [0.4, 0.5) is 0 Å². The molecule has 130 valence electrons. The van der Waals surface area contributed by atoms with Gasteiger partial charge in [-0.05, 0) is 18.2 Å². The minimum Gasteiger partial charge on any atom is -0.483 e. The highest BCUT2D eigenvalue weighted by atomic mass is 35.5. The molecule has 0 atom stereocenters. The van der Waals surface area contributed by atoms with Gasteiger partial charge in [0.25, 0.3) is 5.91 Å². The van der Waals surface area contributed by atoms with Crippen molar-refractivity contribution in [1.82, 2.24) is 10.6 Å². The lowest BCUT2D eigenvalue weighted by molar-refractivity contribution is -0.123. The van der Waals surface area contributed by atoms with Gasteiger partial charge in [0, 0.05) is 36.6 Å². The van der Waals surface area contributed by atoms with Gasteiger partial charge in [0.15, 0.2) is 6.61 Å². The molecule has 1 aromatic rings. The van der Waals surface area contributed by atoms with Gasteiger partial charge >= 0.3 is 0 Å². The molecule has 23 heavy (non-hydrogen) atoms. The first-order valence-electron chi connectivity index (χ1n) is 7.71. The van der Waals surface area contributed by atoms with Crippen molar-refractivity contribution in [3.05, 3.63) is 28.8 Å². The van der Waals surface area contributed by atoms with Gasteiger partial charge in [-0.2, -0.15) is 0 Å². The Kier molecular flexibility index (Phi) is 11.7. The average Bonchev–Trinajstić information content (AvgIpc) is 2.58. The molecular weight excluding hydrogens is 318 g/mol. The Hall–Kier alpha value is -1.79. The number of hydrogen-bond acceptors (Lipinski definition) is 4. The maximum atomic E-state index is 11.5. The second-order valence-electron chi connectivity index (χ2n) is 4.31. The zero-order valence-corrected chi connectivity index (χ0v) is 14.7. The highest BCUT2D eigenvalue weighted by Gasteiger charge is 2.08. The molecule has 4 N–H and O–H groups in total. The predicted octanol–water partition coefficient (Wildman–Crippen LogP) is 1.85. The molecule has 0 aromatic heterocycles. The summed E-state index contributed by atoms with van der Waals surface area (Å²) in [7, 11) is 0. The van der Waals surface area contributed by atoms with E-state index in [4.69, 9.17) is 22.1 Å². The maximum Gasteiger partial charge on any atom is 0.257 e. The summed E-state index contributed by atoms with van der Waals surface area (Å²) in [5.74, 6) is 0.194. The molecule has 6 nitrogen and oxygen atoms in total. The zero-order valence-electron chi connectivity index (χ0n) is 13.9. The van der Waals surface area contributed by atoms with Crippen LogP contribution in [0, 0.1) is 0 Å². The number of benzene rings is 1. The first kappa shape index (κ1) is 21.2. The van der Waals surface area contributed by atoms with Crippen LogP contribution in [0.2, 0.25) is 5.02 Å². The van der Waals surface area contributed by atoms with Crippen LogP contribution in [-0.4, -0.2) is 31.5 Å². The summed E-state index contributed by atoms with van der Waals surface area (Å²) in [6.07, 6.45) is 0.401. The molecule has 0 saturated heterocycles. The van der Waals surface area contributed by atoms with E-state index in [2.05, 4.69) is 10.6 Å². The summed E-state index contributed by atoms with van der Waals surface area (Å²) in [4.78, 5) is 22.8. The number of nitrogens with one attached hydrogen (secondary N) is 2. The normalized spacial score (nSPS) is 9.43. The molecule has 7 heteroatoms. The second kappa shape index (κ2) is 12.7. The van der Waals surface area contributed by atoms with Gasteiger partial charge in [0.05, 0.1) is 0 Å². The Balaban J connectivity index is 0.00000232. The maximum absolute atomic E-state index is 11.5. The fourth-order valence-corrected chi connectivity index (χ4v) is 1.75. The van der Waals surface area contributed by atoms with Crippen LogP contribution < -0.4 is 21.1 Å². The molecule has 0 heterocycles. The van der Waals surface area contributed by atoms with Crippen molar-refractivity contribution >= 4 is 23.4 Å². The summed E-state index contributed by atoms with van der Waals surface area (Å²) >= 11 is 5.94. The molecule has 0 bridgehead atoms. The van der Waals surface area contributed by atoms with Crippen LogP contribution in [0.3, 0.4) is 0 Å².